The minimum Gasteiger partial charge on any atom is -0.469 e. The van der Waals surface area contributed by atoms with Crippen molar-refractivity contribution in [1.29, 1.82) is 0 Å². The van der Waals surface area contributed by atoms with Crippen LogP contribution in [-0.2, 0) is 25.5 Å². The van der Waals surface area contributed by atoms with Gasteiger partial charge in [0.15, 0.2) is 0 Å². The average molecular weight is 321 g/mol. The van der Waals surface area contributed by atoms with Crippen LogP contribution < -0.4 is 0 Å². The first-order valence-electron chi connectivity index (χ1n) is 8.05. The lowest BCUT2D eigenvalue weighted by molar-refractivity contribution is -0.141. The first-order valence-corrected chi connectivity index (χ1v) is 8.05. The van der Waals surface area contributed by atoms with Crippen LogP contribution in [0.2, 0.25) is 0 Å². The number of ether oxygens (including phenoxy) is 2. The van der Waals surface area contributed by atoms with Crippen LogP contribution in [0, 0.1) is 0 Å². The van der Waals surface area contributed by atoms with Gasteiger partial charge in [-0.05, 0) is 37.9 Å². The Kier molecular flexibility index (Phi) is 9.71. The van der Waals surface area contributed by atoms with Crippen molar-refractivity contribution in [3.05, 3.63) is 35.9 Å². The van der Waals surface area contributed by atoms with E-state index >= 15 is 0 Å². The summed E-state index contributed by atoms with van der Waals surface area (Å²) >= 11 is 0. The lowest BCUT2D eigenvalue weighted by atomic mass is 10.1. The van der Waals surface area contributed by atoms with Gasteiger partial charge < -0.3 is 14.4 Å². The van der Waals surface area contributed by atoms with Crippen molar-refractivity contribution in [3.8, 4) is 0 Å². The third kappa shape index (κ3) is 8.98. The van der Waals surface area contributed by atoms with Crippen LogP contribution in [0.5, 0.6) is 0 Å². The molecule has 5 heteroatoms. The monoisotopic (exact) mass is 321 g/mol. The highest BCUT2D eigenvalue weighted by Gasteiger charge is 2.09. The largest absolute Gasteiger partial charge is 0.469 e. The van der Waals surface area contributed by atoms with Crippen molar-refractivity contribution in [2.45, 2.75) is 32.1 Å². The summed E-state index contributed by atoms with van der Waals surface area (Å²) < 4.78 is 9.34. The Bertz CT molecular complexity index is 439. The molecular weight excluding hydrogens is 294 g/mol. The van der Waals surface area contributed by atoms with Crippen molar-refractivity contribution >= 4 is 11.9 Å². The molecule has 1 aromatic carbocycles. The number of carbonyl (C=O) groups is 2. The molecule has 23 heavy (non-hydrogen) atoms. The molecular formula is C18H27NO4. The summed E-state index contributed by atoms with van der Waals surface area (Å²) in [5.74, 6) is -0.356. The summed E-state index contributed by atoms with van der Waals surface area (Å²) in [7, 11) is 2.82. The fourth-order valence-electron chi connectivity index (χ4n) is 2.37. The molecule has 0 saturated heterocycles. The van der Waals surface area contributed by atoms with Gasteiger partial charge in [-0.1, -0.05) is 30.3 Å². The van der Waals surface area contributed by atoms with E-state index in [0.29, 0.717) is 12.8 Å². The summed E-state index contributed by atoms with van der Waals surface area (Å²) in [6.45, 7) is 2.55. The second-order valence-electron chi connectivity index (χ2n) is 5.44. The molecule has 0 bridgehead atoms. The molecule has 1 aromatic rings. The van der Waals surface area contributed by atoms with Crippen molar-refractivity contribution in [1.82, 2.24) is 4.90 Å². The molecule has 5 nitrogen and oxygen atoms in total. The van der Waals surface area contributed by atoms with Gasteiger partial charge in [0.2, 0.25) is 0 Å². The van der Waals surface area contributed by atoms with E-state index in [0.717, 1.165) is 38.9 Å². The van der Waals surface area contributed by atoms with E-state index in [-0.39, 0.29) is 11.9 Å². The van der Waals surface area contributed by atoms with E-state index in [9.17, 15) is 9.59 Å². The molecule has 0 aliphatic carbocycles. The van der Waals surface area contributed by atoms with Crippen LogP contribution in [0.15, 0.2) is 30.3 Å². The maximum Gasteiger partial charge on any atom is 0.305 e. The number of rotatable bonds is 11. The molecule has 0 N–H and O–H groups in total. The van der Waals surface area contributed by atoms with E-state index in [1.807, 2.05) is 18.2 Å². The minimum absolute atomic E-state index is 0.178. The molecule has 0 spiro atoms. The van der Waals surface area contributed by atoms with E-state index < -0.39 is 0 Å². The summed E-state index contributed by atoms with van der Waals surface area (Å²) in [5.41, 5.74) is 1.29. The highest BCUT2D eigenvalue weighted by molar-refractivity contribution is 5.69. The molecule has 0 aromatic heterocycles. The molecule has 1 rings (SSSR count). The quantitative estimate of drug-likeness (QED) is 0.586. The zero-order valence-electron chi connectivity index (χ0n) is 14.1. The van der Waals surface area contributed by atoms with Gasteiger partial charge in [0.25, 0.3) is 0 Å². The topological polar surface area (TPSA) is 55.8 Å². The van der Waals surface area contributed by atoms with Crippen molar-refractivity contribution in [3.63, 3.8) is 0 Å². The van der Waals surface area contributed by atoms with Crippen LogP contribution in [0.1, 0.15) is 31.2 Å². The Morgan fingerprint density at radius 1 is 0.870 bits per heavy atom. The van der Waals surface area contributed by atoms with Crippen LogP contribution in [0.3, 0.4) is 0 Å². The second-order valence-corrected chi connectivity index (χ2v) is 5.44. The summed E-state index contributed by atoms with van der Waals surface area (Å²) in [6.07, 6.45) is 3.33. The van der Waals surface area contributed by atoms with Crippen LogP contribution in [0.4, 0.5) is 0 Å². The Hall–Kier alpha value is -1.88. The maximum atomic E-state index is 11.2. The fourth-order valence-corrected chi connectivity index (χ4v) is 2.37. The Morgan fingerprint density at radius 3 is 1.87 bits per heavy atom. The molecule has 0 atom stereocenters. The van der Waals surface area contributed by atoms with Crippen LogP contribution >= 0.6 is 0 Å². The minimum atomic E-state index is -0.178. The number of benzene rings is 1. The number of carbonyl (C=O) groups excluding carboxylic acids is 2. The highest BCUT2D eigenvalue weighted by atomic mass is 16.5. The van der Waals surface area contributed by atoms with Gasteiger partial charge in [0.05, 0.1) is 14.2 Å². The van der Waals surface area contributed by atoms with Crippen LogP contribution in [0.25, 0.3) is 0 Å². The number of nitrogens with zero attached hydrogens (tertiary/aromatic N) is 1. The van der Waals surface area contributed by atoms with Gasteiger partial charge in [0.1, 0.15) is 0 Å². The molecule has 0 radical (unpaired) electrons. The highest BCUT2D eigenvalue weighted by Crippen LogP contribution is 2.05. The van der Waals surface area contributed by atoms with Gasteiger partial charge in [-0.15, -0.1) is 0 Å². The van der Waals surface area contributed by atoms with Gasteiger partial charge in [-0.25, -0.2) is 0 Å². The van der Waals surface area contributed by atoms with Gasteiger partial charge >= 0.3 is 11.9 Å². The van der Waals surface area contributed by atoms with Crippen molar-refractivity contribution in [2.24, 2.45) is 0 Å². The van der Waals surface area contributed by atoms with E-state index in [1.54, 1.807) is 0 Å². The molecule has 128 valence electrons. The lowest BCUT2D eigenvalue weighted by Crippen LogP contribution is -2.29. The third-order valence-corrected chi connectivity index (χ3v) is 3.73. The summed E-state index contributed by atoms with van der Waals surface area (Å²) in [6, 6.07) is 10.3. The zero-order valence-corrected chi connectivity index (χ0v) is 14.1. The van der Waals surface area contributed by atoms with E-state index in [1.165, 1.54) is 19.8 Å². The Balaban J connectivity index is 2.39. The normalized spacial score (nSPS) is 10.6. The second kappa shape index (κ2) is 11.7. The number of hydrogen-bond acceptors (Lipinski definition) is 5. The van der Waals surface area contributed by atoms with E-state index in [4.69, 9.17) is 0 Å². The van der Waals surface area contributed by atoms with Gasteiger partial charge in [-0.3, -0.25) is 9.59 Å². The molecule has 0 heterocycles. The third-order valence-electron chi connectivity index (χ3n) is 3.73. The lowest BCUT2D eigenvalue weighted by Gasteiger charge is -2.22. The molecule has 0 aliphatic rings. The standard InChI is InChI=1S/C18H27NO4/c1-22-17(20)10-6-13-19(14-7-11-18(21)23-2)15-12-16-8-4-3-5-9-16/h3-5,8-9H,6-7,10-15H2,1-2H3. The summed E-state index contributed by atoms with van der Waals surface area (Å²) in [4.78, 5) is 24.7. The number of hydrogen-bond donors (Lipinski definition) is 0. The smallest absolute Gasteiger partial charge is 0.305 e. The predicted molar refractivity (Wildman–Crippen MR) is 89.1 cm³/mol. The molecule has 0 aliphatic heterocycles. The molecule has 0 unspecified atom stereocenters. The Labute approximate surface area is 138 Å². The molecule has 0 saturated carbocycles. The summed E-state index contributed by atoms with van der Waals surface area (Å²) in [5, 5.41) is 0. The first-order chi connectivity index (χ1) is 11.2. The van der Waals surface area contributed by atoms with Crippen molar-refractivity contribution < 1.29 is 19.1 Å². The number of methoxy groups -OCH3 is 2. The molecule has 0 amide bonds. The average Bonchev–Trinajstić information content (AvgIpc) is 2.59. The van der Waals surface area contributed by atoms with Gasteiger partial charge in [0, 0.05) is 19.4 Å². The first kappa shape index (κ1) is 19.2. The fraction of sp³-hybridized carbons (Fsp3) is 0.556. The predicted octanol–water partition coefficient (Wildman–Crippen LogP) is 2.44. The van der Waals surface area contributed by atoms with Gasteiger partial charge in [-0.2, -0.15) is 0 Å². The maximum absolute atomic E-state index is 11.2. The van der Waals surface area contributed by atoms with E-state index in [2.05, 4.69) is 26.5 Å². The van der Waals surface area contributed by atoms with Crippen molar-refractivity contribution in [2.75, 3.05) is 33.9 Å². The zero-order chi connectivity index (χ0) is 16.9. The SMILES string of the molecule is COC(=O)CCCN(CCCC(=O)OC)CCc1ccccc1. The Morgan fingerprint density at radius 2 is 1.39 bits per heavy atom. The number of esters is 2. The molecule has 0 fully saturated rings. The van der Waals surface area contributed by atoms with Crippen LogP contribution in [-0.4, -0.2) is 50.7 Å².